The molecule has 0 aromatic carbocycles. The van der Waals surface area contributed by atoms with Crippen molar-refractivity contribution < 1.29 is 12.8 Å². The SMILES string of the molecule is CCCN(C)S(=O)(=O)c1ccc(CCl)o1. The van der Waals surface area contributed by atoms with Gasteiger partial charge >= 0.3 is 0 Å². The van der Waals surface area contributed by atoms with Gasteiger partial charge in [-0.25, -0.2) is 8.42 Å². The van der Waals surface area contributed by atoms with Crippen LogP contribution >= 0.6 is 11.6 Å². The molecule has 15 heavy (non-hydrogen) atoms. The van der Waals surface area contributed by atoms with Crippen molar-refractivity contribution in [1.29, 1.82) is 0 Å². The Kier molecular flexibility index (Phi) is 4.19. The first kappa shape index (κ1) is 12.5. The van der Waals surface area contributed by atoms with E-state index in [2.05, 4.69) is 0 Å². The maximum Gasteiger partial charge on any atom is 0.276 e. The van der Waals surface area contributed by atoms with E-state index < -0.39 is 10.0 Å². The zero-order chi connectivity index (χ0) is 11.5. The fourth-order valence-electron chi connectivity index (χ4n) is 1.16. The first-order valence-corrected chi connectivity index (χ1v) is 6.60. The number of furan rings is 1. The third kappa shape index (κ3) is 2.74. The normalized spacial score (nSPS) is 12.3. The molecule has 0 spiro atoms. The van der Waals surface area contributed by atoms with Crippen LogP contribution in [0.3, 0.4) is 0 Å². The molecule has 0 aliphatic rings. The number of rotatable bonds is 5. The third-order valence-electron chi connectivity index (χ3n) is 1.97. The second-order valence-electron chi connectivity index (χ2n) is 3.18. The van der Waals surface area contributed by atoms with E-state index in [1.165, 1.54) is 17.4 Å². The summed E-state index contributed by atoms with van der Waals surface area (Å²) in [6.45, 7) is 2.39. The fourth-order valence-corrected chi connectivity index (χ4v) is 2.48. The van der Waals surface area contributed by atoms with E-state index in [0.717, 1.165) is 6.42 Å². The smallest absolute Gasteiger partial charge is 0.276 e. The molecule has 0 amide bonds. The third-order valence-corrected chi connectivity index (χ3v) is 3.97. The lowest BCUT2D eigenvalue weighted by Crippen LogP contribution is -2.27. The quantitative estimate of drug-likeness (QED) is 0.753. The zero-order valence-corrected chi connectivity index (χ0v) is 10.3. The van der Waals surface area contributed by atoms with Gasteiger partial charge in [-0.3, -0.25) is 0 Å². The highest BCUT2D eigenvalue weighted by molar-refractivity contribution is 7.89. The molecule has 0 radical (unpaired) electrons. The highest BCUT2D eigenvalue weighted by Gasteiger charge is 2.23. The minimum atomic E-state index is -3.48. The summed E-state index contributed by atoms with van der Waals surface area (Å²) < 4.78 is 30.1. The number of alkyl halides is 1. The lowest BCUT2D eigenvalue weighted by Gasteiger charge is -2.13. The first-order valence-electron chi connectivity index (χ1n) is 4.63. The van der Waals surface area contributed by atoms with Gasteiger partial charge in [0, 0.05) is 13.6 Å². The Labute approximate surface area is 94.9 Å². The first-order chi connectivity index (χ1) is 7.02. The summed E-state index contributed by atoms with van der Waals surface area (Å²) in [5, 5.41) is -0.0471. The van der Waals surface area contributed by atoms with Gasteiger partial charge in [0.15, 0.2) is 0 Å². The van der Waals surface area contributed by atoms with Gasteiger partial charge in [0.2, 0.25) is 5.09 Å². The van der Waals surface area contributed by atoms with Gasteiger partial charge in [-0.1, -0.05) is 6.92 Å². The summed E-state index contributed by atoms with van der Waals surface area (Å²) in [4.78, 5) is 0. The van der Waals surface area contributed by atoms with Crippen LogP contribution < -0.4 is 0 Å². The monoisotopic (exact) mass is 251 g/mol. The molecule has 86 valence electrons. The molecule has 0 saturated heterocycles. The zero-order valence-electron chi connectivity index (χ0n) is 8.73. The Hall–Kier alpha value is -0.520. The Bertz CT molecular complexity index is 413. The molecule has 1 aromatic rings. The number of halogens is 1. The maximum atomic E-state index is 11.8. The van der Waals surface area contributed by atoms with Crippen LogP contribution in [-0.2, 0) is 15.9 Å². The standard InChI is InChI=1S/C9H14ClNO3S/c1-3-6-11(2)15(12,13)9-5-4-8(7-10)14-9/h4-5H,3,6-7H2,1-2H3. The van der Waals surface area contributed by atoms with E-state index in [1.54, 1.807) is 6.07 Å². The van der Waals surface area contributed by atoms with Gasteiger partial charge in [0.25, 0.3) is 10.0 Å². The molecule has 0 aliphatic carbocycles. The van der Waals surface area contributed by atoms with Crippen LogP contribution in [0.2, 0.25) is 0 Å². The van der Waals surface area contributed by atoms with Crippen LogP contribution in [0.25, 0.3) is 0 Å². The number of hydrogen-bond acceptors (Lipinski definition) is 3. The summed E-state index contributed by atoms with van der Waals surface area (Å²) in [6, 6.07) is 3.00. The van der Waals surface area contributed by atoms with Gasteiger partial charge in [-0.05, 0) is 18.6 Å². The van der Waals surface area contributed by atoms with E-state index >= 15 is 0 Å². The van der Waals surface area contributed by atoms with Gasteiger partial charge in [-0.2, -0.15) is 4.31 Å². The summed E-state index contributed by atoms with van der Waals surface area (Å²) in [6.07, 6.45) is 0.763. The summed E-state index contributed by atoms with van der Waals surface area (Å²) in [7, 11) is -1.95. The van der Waals surface area contributed by atoms with E-state index in [-0.39, 0.29) is 11.0 Å². The van der Waals surface area contributed by atoms with E-state index in [0.29, 0.717) is 12.3 Å². The van der Waals surface area contributed by atoms with Crippen molar-refractivity contribution in [3.05, 3.63) is 17.9 Å². The van der Waals surface area contributed by atoms with Crippen LogP contribution in [0.4, 0.5) is 0 Å². The lowest BCUT2D eigenvalue weighted by atomic mass is 10.5. The minimum absolute atomic E-state index is 0.0471. The number of sulfonamides is 1. The molecule has 1 heterocycles. The molecule has 0 bridgehead atoms. The summed E-state index contributed by atoms with van der Waals surface area (Å²) in [5.41, 5.74) is 0. The molecular weight excluding hydrogens is 238 g/mol. The summed E-state index contributed by atoms with van der Waals surface area (Å²) >= 11 is 5.53. The molecule has 0 unspecified atom stereocenters. The predicted molar refractivity (Wildman–Crippen MR) is 58.4 cm³/mol. The van der Waals surface area contributed by atoms with Crippen molar-refractivity contribution in [3.63, 3.8) is 0 Å². The Morgan fingerprint density at radius 2 is 2.13 bits per heavy atom. The van der Waals surface area contributed by atoms with Crippen molar-refractivity contribution in [2.24, 2.45) is 0 Å². The van der Waals surface area contributed by atoms with E-state index in [9.17, 15) is 8.42 Å². The molecule has 0 saturated carbocycles. The van der Waals surface area contributed by atoms with Crippen LogP contribution in [0.5, 0.6) is 0 Å². The van der Waals surface area contributed by atoms with Crippen LogP contribution in [0, 0.1) is 0 Å². The van der Waals surface area contributed by atoms with Gasteiger partial charge < -0.3 is 4.42 Å². The second kappa shape index (κ2) is 5.01. The van der Waals surface area contributed by atoms with E-state index in [1.807, 2.05) is 6.92 Å². The van der Waals surface area contributed by atoms with Crippen molar-refractivity contribution >= 4 is 21.6 Å². The molecular formula is C9H14ClNO3S. The second-order valence-corrected chi connectivity index (χ2v) is 5.42. The van der Waals surface area contributed by atoms with E-state index in [4.69, 9.17) is 16.0 Å². The topological polar surface area (TPSA) is 50.5 Å². The van der Waals surface area contributed by atoms with Crippen molar-refractivity contribution in [3.8, 4) is 0 Å². The van der Waals surface area contributed by atoms with Crippen molar-refractivity contribution in [2.75, 3.05) is 13.6 Å². The molecule has 1 rings (SSSR count). The van der Waals surface area contributed by atoms with Gasteiger partial charge in [0.05, 0.1) is 5.88 Å². The Morgan fingerprint density at radius 1 is 1.47 bits per heavy atom. The molecule has 0 N–H and O–H groups in total. The molecule has 1 aromatic heterocycles. The van der Waals surface area contributed by atoms with Crippen LogP contribution in [-0.4, -0.2) is 26.3 Å². The Balaban J connectivity index is 2.95. The average Bonchev–Trinajstić information content (AvgIpc) is 2.66. The van der Waals surface area contributed by atoms with Crippen LogP contribution in [0.1, 0.15) is 19.1 Å². The largest absolute Gasteiger partial charge is 0.447 e. The fraction of sp³-hybridized carbons (Fsp3) is 0.556. The average molecular weight is 252 g/mol. The predicted octanol–water partition coefficient (Wildman–Crippen LogP) is 2.05. The minimum Gasteiger partial charge on any atom is -0.447 e. The molecule has 0 aliphatic heterocycles. The van der Waals surface area contributed by atoms with Gasteiger partial charge in [-0.15, -0.1) is 11.6 Å². The van der Waals surface area contributed by atoms with Crippen LogP contribution in [0.15, 0.2) is 21.6 Å². The van der Waals surface area contributed by atoms with Gasteiger partial charge in [0.1, 0.15) is 5.76 Å². The highest BCUT2D eigenvalue weighted by atomic mass is 35.5. The molecule has 0 atom stereocenters. The highest BCUT2D eigenvalue weighted by Crippen LogP contribution is 2.18. The van der Waals surface area contributed by atoms with Crippen molar-refractivity contribution in [2.45, 2.75) is 24.3 Å². The lowest BCUT2D eigenvalue weighted by molar-refractivity contribution is 0.395. The number of nitrogens with zero attached hydrogens (tertiary/aromatic N) is 1. The molecule has 6 heteroatoms. The number of hydrogen-bond donors (Lipinski definition) is 0. The Morgan fingerprint density at radius 3 is 2.60 bits per heavy atom. The molecule has 0 fully saturated rings. The molecule has 4 nitrogen and oxygen atoms in total. The van der Waals surface area contributed by atoms with Crippen molar-refractivity contribution in [1.82, 2.24) is 4.31 Å². The maximum absolute atomic E-state index is 11.8. The summed E-state index contributed by atoms with van der Waals surface area (Å²) in [5.74, 6) is 0.632.